The largest absolute Gasteiger partial charge is 0.0635 e. The van der Waals surface area contributed by atoms with Crippen molar-refractivity contribution in [2.24, 2.45) is 0 Å². The minimum absolute atomic E-state index is 0.0397. The zero-order valence-corrected chi connectivity index (χ0v) is 7.66. The van der Waals surface area contributed by atoms with Crippen LogP contribution in [-0.2, 0) is 0 Å². The highest BCUT2D eigenvalue weighted by molar-refractivity contribution is 9.10. The third-order valence-electron chi connectivity index (χ3n) is 2.13. The maximum absolute atomic E-state index is 7.82. The Morgan fingerprint density at radius 1 is 1.27 bits per heavy atom. The van der Waals surface area contributed by atoms with Crippen LogP contribution in [0.25, 0.3) is 0 Å². The molecule has 0 heterocycles. The molecule has 1 aromatic carbocycles. The summed E-state index contributed by atoms with van der Waals surface area (Å²) in [5.74, 6) is 0.228. The fraction of sp³-hybridized carbons (Fsp3) is 0.400. The summed E-state index contributed by atoms with van der Waals surface area (Å²) in [7, 11) is 0. The van der Waals surface area contributed by atoms with Crippen LogP contribution in [0.4, 0.5) is 0 Å². The average Bonchev–Trinajstić information content (AvgIpc) is 2.15. The van der Waals surface area contributed by atoms with Crippen LogP contribution in [0.3, 0.4) is 0 Å². The van der Waals surface area contributed by atoms with Gasteiger partial charge in [-0.25, -0.2) is 0 Å². The molecule has 1 fully saturated rings. The van der Waals surface area contributed by atoms with E-state index in [2.05, 4.69) is 15.9 Å². The van der Waals surface area contributed by atoms with Crippen LogP contribution in [0.15, 0.2) is 28.6 Å². The molecule has 0 bridgehead atoms. The second kappa shape index (κ2) is 2.98. The molecule has 0 unspecified atom stereocenters. The van der Waals surface area contributed by atoms with E-state index in [9.17, 15) is 0 Å². The summed E-state index contributed by atoms with van der Waals surface area (Å²) in [5, 5.41) is 0. The van der Waals surface area contributed by atoms with Crippen LogP contribution in [0.5, 0.6) is 0 Å². The first kappa shape index (κ1) is 4.08. The van der Waals surface area contributed by atoms with Crippen molar-refractivity contribution >= 4 is 15.9 Å². The molecule has 1 aromatic rings. The monoisotopic (exact) mass is 214 g/mol. The van der Waals surface area contributed by atoms with E-state index in [0.717, 1.165) is 19.3 Å². The van der Waals surface area contributed by atoms with Gasteiger partial charge >= 0.3 is 0 Å². The summed E-state index contributed by atoms with van der Waals surface area (Å²) >= 11 is 3.09. The van der Waals surface area contributed by atoms with E-state index in [1.807, 2.05) is 0 Å². The van der Waals surface area contributed by atoms with Gasteiger partial charge in [0.15, 0.2) is 0 Å². The maximum Gasteiger partial charge on any atom is 0.0635 e. The predicted molar refractivity (Wildman–Crippen MR) is 50.7 cm³/mol. The number of hydrogen-bond acceptors (Lipinski definition) is 0. The SMILES string of the molecule is [2H]c1c([2H])c(C2CCC2)c([2H])c([2H])c1Br. The van der Waals surface area contributed by atoms with Crippen LogP contribution in [0.2, 0.25) is 0 Å². The molecule has 1 aliphatic carbocycles. The summed E-state index contributed by atoms with van der Waals surface area (Å²) in [6, 6.07) is 0.316. The van der Waals surface area contributed by atoms with Gasteiger partial charge in [-0.1, -0.05) is 34.4 Å². The van der Waals surface area contributed by atoms with E-state index < -0.39 is 0 Å². The molecule has 2 rings (SSSR count). The Labute approximate surface area is 81.4 Å². The second-order valence-electron chi connectivity index (χ2n) is 2.86. The third kappa shape index (κ3) is 1.48. The molecule has 0 nitrogen and oxygen atoms in total. The predicted octanol–water partition coefficient (Wildman–Crippen LogP) is 3.72. The number of hydrogen-bond donors (Lipinski definition) is 0. The van der Waals surface area contributed by atoms with E-state index in [1.165, 1.54) is 0 Å². The lowest BCUT2D eigenvalue weighted by atomic mass is 9.80. The molecule has 0 amide bonds. The first-order valence-corrected chi connectivity index (χ1v) is 4.59. The lowest BCUT2D eigenvalue weighted by Crippen LogP contribution is -2.07. The zero-order chi connectivity index (χ0) is 11.2. The standard InChI is InChI=1S/C10H11Br/c11-10-6-4-9(5-7-10)8-2-1-3-8/h4-8H,1-3H2/i4D,5D,6D,7D. The molecule has 0 spiro atoms. The zero-order valence-electron chi connectivity index (χ0n) is 10.1. The van der Waals surface area contributed by atoms with E-state index >= 15 is 0 Å². The van der Waals surface area contributed by atoms with Crippen molar-refractivity contribution in [3.63, 3.8) is 0 Å². The summed E-state index contributed by atoms with van der Waals surface area (Å²) in [5.41, 5.74) is 0.597. The van der Waals surface area contributed by atoms with Gasteiger partial charge in [-0.2, -0.15) is 0 Å². The summed E-state index contributed by atoms with van der Waals surface area (Å²) < 4.78 is 31.3. The molecule has 0 aromatic heterocycles. The molecule has 1 aliphatic rings. The lowest BCUT2D eigenvalue weighted by Gasteiger charge is -2.25. The molecule has 0 N–H and O–H groups in total. The van der Waals surface area contributed by atoms with E-state index in [1.54, 1.807) is 0 Å². The smallest absolute Gasteiger partial charge is 0.0576 e. The van der Waals surface area contributed by atoms with Crippen LogP contribution in [0, 0.1) is 0 Å². The van der Waals surface area contributed by atoms with Gasteiger partial charge in [-0.15, -0.1) is 0 Å². The van der Waals surface area contributed by atoms with Gasteiger partial charge in [-0.05, 0) is 36.4 Å². The lowest BCUT2D eigenvalue weighted by molar-refractivity contribution is 0.420. The number of benzene rings is 1. The van der Waals surface area contributed by atoms with Gasteiger partial charge in [0, 0.05) is 4.47 Å². The van der Waals surface area contributed by atoms with Crippen molar-refractivity contribution in [1.29, 1.82) is 0 Å². The molecule has 0 aliphatic heterocycles. The molecule has 58 valence electrons. The second-order valence-corrected chi connectivity index (χ2v) is 3.65. The summed E-state index contributed by atoms with van der Waals surface area (Å²) in [6.07, 6.45) is 3.09. The number of halogens is 1. The topological polar surface area (TPSA) is 0 Å². The molecular weight excluding hydrogens is 200 g/mol. The quantitative estimate of drug-likeness (QED) is 0.669. The van der Waals surface area contributed by atoms with Crippen LogP contribution < -0.4 is 0 Å². The Kier molecular flexibility index (Phi) is 1.11. The minimum Gasteiger partial charge on any atom is -0.0576 e. The minimum atomic E-state index is 0.0397. The number of rotatable bonds is 1. The maximum atomic E-state index is 7.82. The Morgan fingerprint density at radius 3 is 2.36 bits per heavy atom. The molecule has 1 saturated carbocycles. The third-order valence-corrected chi connectivity index (χ3v) is 2.52. The van der Waals surface area contributed by atoms with Crippen molar-refractivity contribution in [3.8, 4) is 0 Å². The highest BCUT2D eigenvalue weighted by Crippen LogP contribution is 2.36. The Balaban J connectivity index is 2.62. The molecule has 0 radical (unpaired) electrons. The first-order chi connectivity index (χ1) is 7.04. The van der Waals surface area contributed by atoms with E-state index in [-0.39, 0.29) is 34.6 Å². The van der Waals surface area contributed by atoms with Crippen LogP contribution >= 0.6 is 15.9 Å². The van der Waals surface area contributed by atoms with Crippen molar-refractivity contribution < 1.29 is 5.48 Å². The molecule has 1 heteroatoms. The molecule has 11 heavy (non-hydrogen) atoms. The Morgan fingerprint density at radius 2 is 1.91 bits per heavy atom. The van der Waals surface area contributed by atoms with Gasteiger partial charge in [-0.3, -0.25) is 0 Å². The fourth-order valence-corrected chi connectivity index (χ4v) is 1.41. The van der Waals surface area contributed by atoms with Gasteiger partial charge in [0.1, 0.15) is 0 Å². The fourth-order valence-electron chi connectivity index (χ4n) is 1.21. The van der Waals surface area contributed by atoms with Crippen LogP contribution in [0.1, 0.15) is 36.2 Å². The van der Waals surface area contributed by atoms with E-state index in [4.69, 9.17) is 5.48 Å². The normalized spacial score (nSPS) is 23.0. The van der Waals surface area contributed by atoms with Gasteiger partial charge in [0.2, 0.25) is 0 Å². The Hall–Kier alpha value is -0.300. The molecule has 0 atom stereocenters. The van der Waals surface area contributed by atoms with E-state index in [0.29, 0.717) is 5.56 Å². The highest BCUT2D eigenvalue weighted by Gasteiger charge is 2.18. The van der Waals surface area contributed by atoms with Crippen molar-refractivity contribution in [3.05, 3.63) is 34.2 Å². The summed E-state index contributed by atoms with van der Waals surface area (Å²) in [6.45, 7) is 0. The summed E-state index contributed by atoms with van der Waals surface area (Å²) in [4.78, 5) is 0. The van der Waals surface area contributed by atoms with Crippen molar-refractivity contribution in [2.75, 3.05) is 0 Å². The van der Waals surface area contributed by atoms with Gasteiger partial charge in [0.05, 0.1) is 5.48 Å². The van der Waals surface area contributed by atoms with Crippen LogP contribution in [-0.4, -0.2) is 0 Å². The molecule has 0 saturated heterocycles. The Bertz CT molecular complexity index is 383. The highest BCUT2D eigenvalue weighted by atomic mass is 79.9. The molecular formula is C10H11Br. The van der Waals surface area contributed by atoms with Gasteiger partial charge in [0.25, 0.3) is 0 Å². The van der Waals surface area contributed by atoms with Crippen molar-refractivity contribution in [2.45, 2.75) is 25.2 Å². The van der Waals surface area contributed by atoms with Gasteiger partial charge < -0.3 is 0 Å². The van der Waals surface area contributed by atoms with Crippen molar-refractivity contribution in [1.82, 2.24) is 0 Å². The first-order valence-electron chi connectivity index (χ1n) is 5.79. The average molecular weight is 215 g/mol.